The molecule has 0 radical (unpaired) electrons. The van der Waals surface area contributed by atoms with Crippen LogP contribution in [0.3, 0.4) is 0 Å². The quantitative estimate of drug-likeness (QED) is 0.457. The van der Waals surface area contributed by atoms with Crippen molar-refractivity contribution in [1.29, 1.82) is 0 Å². The highest BCUT2D eigenvalue weighted by atomic mass is 35.5. The van der Waals surface area contributed by atoms with E-state index in [0.717, 1.165) is 12.0 Å². The van der Waals surface area contributed by atoms with Crippen molar-refractivity contribution in [3.05, 3.63) is 64.4 Å². The molecule has 8 nitrogen and oxygen atoms in total. The van der Waals surface area contributed by atoms with Gasteiger partial charge in [-0.2, -0.15) is 4.31 Å². The Hall–Kier alpha value is -2.05. The predicted molar refractivity (Wildman–Crippen MR) is 159 cm³/mol. The number of hydrogen-bond donors (Lipinski definition) is 2. The van der Waals surface area contributed by atoms with Crippen LogP contribution in [0, 0.1) is 11.7 Å². The second-order valence-electron chi connectivity index (χ2n) is 11.5. The molecule has 3 saturated heterocycles. The van der Waals surface area contributed by atoms with Gasteiger partial charge in [-0.3, -0.25) is 4.79 Å². The molecule has 2 bridgehead atoms. The first-order valence-electron chi connectivity index (χ1n) is 14.3. The maximum absolute atomic E-state index is 15.1. The van der Waals surface area contributed by atoms with Crippen molar-refractivity contribution >= 4 is 43.1 Å². The van der Waals surface area contributed by atoms with Crippen LogP contribution in [-0.2, 0) is 31.1 Å². The number of hydrogen-bond acceptors (Lipinski definition) is 6. The summed E-state index contributed by atoms with van der Waals surface area (Å²) in [5.41, 5.74) is 1.63. The molecule has 0 spiro atoms. The molecule has 5 rings (SSSR count). The summed E-state index contributed by atoms with van der Waals surface area (Å²) < 4.78 is 66.5. The van der Waals surface area contributed by atoms with Gasteiger partial charge in [0.2, 0.25) is 15.9 Å². The number of piperazine rings is 1. The molecule has 2 unspecified atom stereocenters. The van der Waals surface area contributed by atoms with Gasteiger partial charge in [-0.1, -0.05) is 29.8 Å². The van der Waals surface area contributed by atoms with Gasteiger partial charge < -0.3 is 10.6 Å². The second-order valence-corrected chi connectivity index (χ2v) is 16.3. The Morgan fingerprint density at radius 3 is 2.51 bits per heavy atom. The Morgan fingerprint density at radius 1 is 1.05 bits per heavy atom. The van der Waals surface area contributed by atoms with Crippen molar-refractivity contribution in [1.82, 2.24) is 9.62 Å². The van der Waals surface area contributed by atoms with Gasteiger partial charge in [-0.15, -0.1) is 0 Å². The highest BCUT2D eigenvalue weighted by Gasteiger charge is 2.38. The summed E-state index contributed by atoms with van der Waals surface area (Å²) >= 11 is 6.09. The monoisotopic (exact) mass is 625 g/mol. The molecule has 12 heteroatoms. The van der Waals surface area contributed by atoms with Crippen molar-refractivity contribution in [2.45, 2.75) is 62.9 Å². The van der Waals surface area contributed by atoms with Crippen LogP contribution in [0.25, 0.3) is 0 Å². The molecule has 41 heavy (non-hydrogen) atoms. The van der Waals surface area contributed by atoms with Crippen LogP contribution in [-0.4, -0.2) is 69.5 Å². The molecule has 3 aliphatic heterocycles. The molecule has 3 fully saturated rings. The van der Waals surface area contributed by atoms with Crippen LogP contribution in [0.5, 0.6) is 0 Å². The van der Waals surface area contributed by atoms with E-state index in [-0.39, 0.29) is 59.9 Å². The summed E-state index contributed by atoms with van der Waals surface area (Å²) in [7, 11) is -6.43. The summed E-state index contributed by atoms with van der Waals surface area (Å²) in [6.45, 7) is 0.947. The highest BCUT2D eigenvalue weighted by Crippen LogP contribution is 2.37. The summed E-state index contributed by atoms with van der Waals surface area (Å²) in [4.78, 5) is 13.4. The van der Waals surface area contributed by atoms with Gasteiger partial charge in [-0.25, -0.2) is 21.2 Å². The Balaban J connectivity index is 1.30. The average Bonchev–Trinajstić information content (AvgIpc) is 3.04. The largest absolute Gasteiger partial charge is 0.326 e. The minimum Gasteiger partial charge on any atom is -0.326 e. The molecular weight excluding hydrogens is 589 g/mol. The van der Waals surface area contributed by atoms with Gasteiger partial charge in [0.15, 0.2) is 0 Å². The number of benzene rings is 2. The van der Waals surface area contributed by atoms with Crippen LogP contribution in [0.1, 0.15) is 55.6 Å². The van der Waals surface area contributed by atoms with Crippen molar-refractivity contribution < 1.29 is 26.0 Å². The standard InChI is InChI=1S/C29H37ClFN3O5S2/c30-22-8-6-20(7-9-22)26(21-12-15-40(36,37)16-13-21)17-29(35)33-28-5-1-4-27(31)25(28)11-10-24-18-32-23-3-2-14-41(38,39)34(24)19-23/h1,4-9,21,23-24,26,32H,2-3,10-19H2,(H,33,35)/t23?,24-,26-/m0/s1. The molecule has 4 atom stereocenters. The lowest BCUT2D eigenvalue weighted by molar-refractivity contribution is -0.116. The number of anilines is 1. The zero-order valence-corrected chi connectivity index (χ0v) is 25.3. The van der Waals surface area contributed by atoms with E-state index in [2.05, 4.69) is 10.6 Å². The number of carbonyl (C=O) groups is 1. The number of carbonyl (C=O) groups excluding carboxylic acids is 1. The van der Waals surface area contributed by atoms with E-state index in [1.54, 1.807) is 28.6 Å². The molecule has 2 aromatic carbocycles. The molecule has 3 heterocycles. The fourth-order valence-electron chi connectivity index (χ4n) is 6.46. The number of halogens is 2. The van der Waals surface area contributed by atoms with E-state index in [1.807, 2.05) is 12.1 Å². The summed E-state index contributed by atoms with van der Waals surface area (Å²) in [5, 5.41) is 6.92. The minimum atomic E-state index is -3.36. The molecule has 0 aromatic heterocycles. The van der Waals surface area contributed by atoms with Gasteiger partial charge >= 0.3 is 0 Å². The van der Waals surface area contributed by atoms with E-state index >= 15 is 4.39 Å². The first kappa shape index (κ1) is 30.4. The van der Waals surface area contributed by atoms with Gasteiger partial charge in [0.1, 0.15) is 15.7 Å². The van der Waals surface area contributed by atoms with Gasteiger partial charge in [-0.05, 0) is 80.2 Å². The van der Waals surface area contributed by atoms with E-state index in [9.17, 15) is 21.6 Å². The second kappa shape index (κ2) is 12.7. The third kappa shape index (κ3) is 7.48. The molecule has 0 aliphatic carbocycles. The summed E-state index contributed by atoms with van der Waals surface area (Å²) in [5.74, 6) is -0.617. The maximum atomic E-state index is 15.1. The predicted octanol–water partition coefficient (Wildman–Crippen LogP) is 4.11. The number of sulfonamides is 1. The van der Waals surface area contributed by atoms with Crippen molar-refractivity contribution in [2.24, 2.45) is 5.92 Å². The highest BCUT2D eigenvalue weighted by molar-refractivity contribution is 7.91. The summed E-state index contributed by atoms with van der Waals surface area (Å²) in [6.07, 6.45) is 3.20. The third-order valence-electron chi connectivity index (χ3n) is 8.75. The van der Waals surface area contributed by atoms with Gasteiger partial charge in [0, 0.05) is 47.9 Å². The molecule has 2 N–H and O–H groups in total. The van der Waals surface area contributed by atoms with E-state index in [0.29, 0.717) is 55.0 Å². The number of rotatable bonds is 8. The Kier molecular flexibility index (Phi) is 9.40. The van der Waals surface area contributed by atoms with E-state index in [4.69, 9.17) is 11.6 Å². The average molecular weight is 626 g/mol. The molecule has 2 aromatic rings. The third-order valence-corrected chi connectivity index (χ3v) is 12.7. The lowest BCUT2D eigenvalue weighted by Gasteiger charge is -2.37. The Morgan fingerprint density at radius 2 is 1.78 bits per heavy atom. The number of amides is 1. The Labute approximate surface area is 247 Å². The number of nitrogens with zero attached hydrogens (tertiary/aromatic N) is 1. The smallest absolute Gasteiger partial charge is 0.225 e. The van der Waals surface area contributed by atoms with Crippen LogP contribution in [0.15, 0.2) is 42.5 Å². The maximum Gasteiger partial charge on any atom is 0.225 e. The van der Waals surface area contributed by atoms with E-state index < -0.39 is 25.7 Å². The molecule has 3 aliphatic rings. The topological polar surface area (TPSA) is 113 Å². The SMILES string of the molecule is O=C(C[C@@H](c1ccc(Cl)cc1)C1CCS(=O)(=O)CC1)Nc1cccc(F)c1CC[C@H]1CNC2CCCS(=O)(=O)N1C2. The van der Waals surface area contributed by atoms with Crippen molar-refractivity contribution in [3.8, 4) is 0 Å². The zero-order chi connectivity index (χ0) is 29.2. The first-order valence-corrected chi connectivity index (χ1v) is 18.1. The number of nitrogens with one attached hydrogen (secondary N) is 2. The van der Waals surface area contributed by atoms with Crippen LogP contribution >= 0.6 is 11.6 Å². The minimum absolute atomic E-state index is 0.00984. The molecule has 0 saturated carbocycles. The van der Waals surface area contributed by atoms with Gasteiger partial charge in [0.05, 0.1) is 17.3 Å². The van der Waals surface area contributed by atoms with Crippen molar-refractivity contribution in [3.63, 3.8) is 0 Å². The first-order chi connectivity index (χ1) is 19.5. The lowest BCUT2D eigenvalue weighted by Crippen LogP contribution is -2.57. The number of sulfone groups is 1. The number of fused-ring (bicyclic) bond motifs is 2. The van der Waals surface area contributed by atoms with E-state index in [1.165, 1.54) is 6.07 Å². The summed E-state index contributed by atoms with van der Waals surface area (Å²) in [6, 6.07) is 11.7. The molecular formula is C29H37ClFN3O5S2. The zero-order valence-electron chi connectivity index (χ0n) is 22.9. The normalized spacial score (nSPS) is 26.5. The molecule has 1 amide bonds. The van der Waals surface area contributed by atoms with Crippen LogP contribution < -0.4 is 10.6 Å². The molecule has 224 valence electrons. The lowest BCUT2D eigenvalue weighted by atomic mass is 9.80. The fourth-order valence-corrected chi connectivity index (χ4v) is 9.92. The Bertz CT molecular complexity index is 1460. The fraction of sp³-hybridized carbons (Fsp3) is 0.552. The van der Waals surface area contributed by atoms with Crippen molar-refractivity contribution in [2.75, 3.05) is 35.7 Å². The van der Waals surface area contributed by atoms with Gasteiger partial charge in [0.25, 0.3) is 0 Å². The van der Waals surface area contributed by atoms with Crippen LogP contribution in [0.4, 0.5) is 10.1 Å². The van der Waals surface area contributed by atoms with Crippen LogP contribution in [0.2, 0.25) is 5.02 Å².